The van der Waals surface area contributed by atoms with Crippen LogP contribution in [0.4, 0.5) is 11.8 Å². The zero-order chi connectivity index (χ0) is 14.5. The maximum absolute atomic E-state index is 10.6. The smallest absolute Gasteiger partial charge is 0.350 e. The molecule has 0 amide bonds. The zero-order valence-corrected chi connectivity index (χ0v) is 10.7. The molecular weight excluding hydrogens is 279 g/mol. The summed E-state index contributed by atoms with van der Waals surface area (Å²) in [6, 6.07) is 1.31. The normalized spacial score (nSPS) is 13.2. The van der Waals surface area contributed by atoms with Crippen LogP contribution < -0.4 is 16.2 Å². The Morgan fingerprint density at radius 2 is 2.05 bits per heavy atom. The quantitative estimate of drug-likeness (QED) is 0.373. The summed E-state index contributed by atoms with van der Waals surface area (Å²) < 4.78 is 20.5. The molecule has 0 aliphatic carbocycles. The fraction of sp³-hybridized carbons (Fsp3) is 0.500. The van der Waals surface area contributed by atoms with E-state index in [-0.39, 0.29) is 24.3 Å². The van der Waals surface area contributed by atoms with E-state index in [0.29, 0.717) is 0 Å². The number of aromatic nitrogens is 2. The van der Waals surface area contributed by atoms with Crippen molar-refractivity contribution in [2.45, 2.75) is 6.10 Å². The van der Waals surface area contributed by atoms with Crippen molar-refractivity contribution >= 4 is 19.4 Å². The third-order valence-electron chi connectivity index (χ3n) is 1.84. The van der Waals surface area contributed by atoms with Crippen LogP contribution in [0.1, 0.15) is 0 Å². The van der Waals surface area contributed by atoms with E-state index >= 15 is 0 Å². The molecule has 0 aliphatic rings. The van der Waals surface area contributed by atoms with Gasteiger partial charge in [-0.1, -0.05) is 0 Å². The summed E-state index contributed by atoms with van der Waals surface area (Å²) in [5.74, 6) is 0.106. The minimum Gasteiger partial charge on any atom is -0.475 e. The Kier molecular flexibility index (Phi) is 5.45. The van der Waals surface area contributed by atoms with Crippen LogP contribution in [-0.4, -0.2) is 50.5 Å². The molecule has 7 N–H and O–H groups in total. The number of aliphatic hydroxyl groups is 1. The molecule has 1 rings (SSSR count). The van der Waals surface area contributed by atoms with E-state index in [0.717, 1.165) is 0 Å². The van der Waals surface area contributed by atoms with Gasteiger partial charge in [-0.25, -0.2) is 0 Å². The van der Waals surface area contributed by atoms with Gasteiger partial charge in [-0.15, -0.1) is 0 Å². The Labute approximate surface area is 108 Å². The number of hydrogen-bond acceptors (Lipinski definition) is 8. The molecular formula is C8H15N4O6P. The van der Waals surface area contributed by atoms with Crippen molar-refractivity contribution in [3.8, 4) is 5.88 Å². The van der Waals surface area contributed by atoms with E-state index in [1.807, 2.05) is 0 Å². The standard InChI is InChI=1S/C8H15N4O6P/c9-6-1-7(12-8(10)11-6)17-3-5(2-13)18-4-19(14,15)16/h1,5,13H,2-4H2,(H2,14,15,16)(H4,9,10,11,12)/t5-/m1/s1. The third kappa shape index (κ3) is 6.32. The maximum atomic E-state index is 10.6. The molecule has 0 bridgehead atoms. The minimum atomic E-state index is -4.30. The van der Waals surface area contributed by atoms with E-state index in [4.69, 9.17) is 35.8 Å². The van der Waals surface area contributed by atoms with Crippen molar-refractivity contribution < 1.29 is 28.9 Å². The summed E-state index contributed by atoms with van der Waals surface area (Å²) in [5, 5.41) is 8.97. The van der Waals surface area contributed by atoms with Gasteiger partial charge in [0.25, 0.3) is 0 Å². The highest BCUT2D eigenvalue weighted by Crippen LogP contribution is 2.34. The first-order valence-electron chi connectivity index (χ1n) is 5.10. The second kappa shape index (κ2) is 6.64. The number of nitrogens with zero attached hydrogens (tertiary/aromatic N) is 2. The highest BCUT2D eigenvalue weighted by molar-refractivity contribution is 7.51. The van der Waals surface area contributed by atoms with Gasteiger partial charge in [0.05, 0.1) is 6.61 Å². The predicted octanol–water partition coefficient (Wildman–Crippen LogP) is -1.47. The van der Waals surface area contributed by atoms with Crippen molar-refractivity contribution in [1.29, 1.82) is 0 Å². The monoisotopic (exact) mass is 294 g/mol. The Morgan fingerprint density at radius 1 is 1.37 bits per heavy atom. The highest BCUT2D eigenvalue weighted by atomic mass is 31.2. The van der Waals surface area contributed by atoms with Gasteiger partial charge in [0.15, 0.2) is 0 Å². The van der Waals surface area contributed by atoms with Crippen LogP contribution in [-0.2, 0) is 9.30 Å². The summed E-state index contributed by atoms with van der Waals surface area (Å²) in [7, 11) is -4.30. The van der Waals surface area contributed by atoms with E-state index in [2.05, 4.69) is 9.97 Å². The molecule has 0 unspecified atom stereocenters. The minimum absolute atomic E-state index is 0.0724. The van der Waals surface area contributed by atoms with E-state index < -0.39 is 26.7 Å². The van der Waals surface area contributed by atoms with Crippen molar-refractivity contribution in [3.05, 3.63) is 6.07 Å². The number of ether oxygens (including phenoxy) is 2. The molecule has 0 saturated heterocycles. The first-order chi connectivity index (χ1) is 8.80. The predicted molar refractivity (Wildman–Crippen MR) is 65.2 cm³/mol. The van der Waals surface area contributed by atoms with Gasteiger partial charge in [0.1, 0.15) is 24.9 Å². The molecule has 0 radical (unpaired) electrons. The molecule has 0 aliphatic heterocycles. The molecule has 0 spiro atoms. The number of anilines is 2. The van der Waals surface area contributed by atoms with Gasteiger partial charge in [0, 0.05) is 6.07 Å². The summed E-state index contributed by atoms with van der Waals surface area (Å²) in [6.45, 7) is -0.650. The molecule has 19 heavy (non-hydrogen) atoms. The Hall–Kier alpha value is -1.45. The lowest BCUT2D eigenvalue weighted by Crippen LogP contribution is -2.26. The number of nitrogens with two attached hydrogens (primary N) is 2. The summed E-state index contributed by atoms with van der Waals surface area (Å²) in [6.07, 6.45) is -1.72. The van der Waals surface area contributed by atoms with E-state index in [1.165, 1.54) is 6.07 Å². The second-order valence-corrected chi connectivity index (χ2v) is 5.15. The first kappa shape index (κ1) is 15.6. The fourth-order valence-corrected chi connectivity index (χ4v) is 1.47. The molecule has 108 valence electrons. The van der Waals surface area contributed by atoms with E-state index in [9.17, 15) is 4.57 Å². The highest BCUT2D eigenvalue weighted by Gasteiger charge is 2.18. The molecule has 0 saturated carbocycles. The number of hydrogen-bond donors (Lipinski definition) is 5. The van der Waals surface area contributed by atoms with Gasteiger partial charge < -0.3 is 35.8 Å². The number of rotatable bonds is 7. The van der Waals surface area contributed by atoms with Crippen molar-refractivity contribution in [3.63, 3.8) is 0 Å². The van der Waals surface area contributed by atoms with E-state index in [1.54, 1.807) is 0 Å². The summed E-state index contributed by atoms with van der Waals surface area (Å²) >= 11 is 0. The molecule has 10 nitrogen and oxygen atoms in total. The molecule has 1 atom stereocenters. The fourth-order valence-electron chi connectivity index (χ4n) is 1.07. The number of nitrogen functional groups attached to an aromatic ring is 2. The summed E-state index contributed by atoms with van der Waals surface area (Å²) in [4.78, 5) is 24.6. The average Bonchev–Trinajstić information content (AvgIpc) is 2.26. The SMILES string of the molecule is Nc1cc(OC[C@@H](CO)OCP(=O)(O)O)nc(N)n1. The maximum Gasteiger partial charge on any atom is 0.350 e. The van der Waals surface area contributed by atoms with Crippen LogP contribution in [0.15, 0.2) is 6.07 Å². The van der Waals surface area contributed by atoms with Gasteiger partial charge in [0.2, 0.25) is 11.8 Å². The lowest BCUT2D eigenvalue weighted by Gasteiger charge is -2.16. The Balaban J connectivity index is 2.50. The molecule has 0 fully saturated rings. The third-order valence-corrected chi connectivity index (χ3v) is 2.32. The lowest BCUT2D eigenvalue weighted by atomic mass is 10.4. The molecule has 1 aromatic heterocycles. The van der Waals surface area contributed by atoms with Crippen LogP contribution in [0.5, 0.6) is 5.88 Å². The first-order valence-corrected chi connectivity index (χ1v) is 6.90. The van der Waals surface area contributed by atoms with Crippen molar-refractivity contribution in [2.24, 2.45) is 0 Å². The summed E-state index contributed by atoms with van der Waals surface area (Å²) in [5.41, 5.74) is 10.8. The van der Waals surface area contributed by atoms with Crippen LogP contribution >= 0.6 is 7.60 Å². The van der Waals surface area contributed by atoms with Gasteiger partial charge in [-0.2, -0.15) is 9.97 Å². The average molecular weight is 294 g/mol. The molecule has 0 aromatic carbocycles. The van der Waals surface area contributed by atoms with Crippen LogP contribution in [0.25, 0.3) is 0 Å². The van der Waals surface area contributed by atoms with Gasteiger partial charge in [-0.05, 0) is 0 Å². The Morgan fingerprint density at radius 3 is 2.58 bits per heavy atom. The van der Waals surface area contributed by atoms with Crippen LogP contribution in [0.2, 0.25) is 0 Å². The van der Waals surface area contributed by atoms with Gasteiger partial charge in [-0.3, -0.25) is 4.57 Å². The topological polar surface area (TPSA) is 174 Å². The second-order valence-electron chi connectivity index (χ2n) is 3.57. The Bertz CT molecular complexity index is 446. The zero-order valence-electron chi connectivity index (χ0n) is 9.84. The lowest BCUT2D eigenvalue weighted by molar-refractivity contribution is 0.000511. The van der Waals surface area contributed by atoms with Crippen molar-refractivity contribution in [1.82, 2.24) is 9.97 Å². The molecule has 11 heteroatoms. The molecule has 1 heterocycles. The molecule has 1 aromatic rings. The van der Waals surface area contributed by atoms with Crippen molar-refractivity contribution in [2.75, 3.05) is 31.0 Å². The van der Waals surface area contributed by atoms with Gasteiger partial charge >= 0.3 is 7.60 Å². The van der Waals surface area contributed by atoms with Crippen LogP contribution in [0, 0.1) is 0 Å². The van der Waals surface area contributed by atoms with Crippen LogP contribution in [0.3, 0.4) is 0 Å². The number of aliphatic hydroxyl groups excluding tert-OH is 1. The largest absolute Gasteiger partial charge is 0.475 e.